The van der Waals surface area contributed by atoms with Crippen molar-refractivity contribution in [1.29, 1.82) is 0 Å². The molecule has 0 saturated heterocycles. The first kappa shape index (κ1) is 23.9. The smallest absolute Gasteiger partial charge is 0.406 e. The number of anilines is 1. The summed E-state index contributed by atoms with van der Waals surface area (Å²) in [6.45, 7) is 3.48. The molecule has 0 aliphatic rings. The van der Waals surface area contributed by atoms with Gasteiger partial charge in [0.15, 0.2) is 0 Å². The van der Waals surface area contributed by atoms with E-state index in [1.54, 1.807) is 55.9 Å². The Balaban J connectivity index is 1.64. The predicted molar refractivity (Wildman–Crippen MR) is 127 cm³/mol. The highest BCUT2D eigenvalue weighted by atomic mass is 19.4. The molecule has 1 heterocycles. The normalized spacial score (nSPS) is 11.4. The zero-order valence-corrected chi connectivity index (χ0v) is 19.2. The van der Waals surface area contributed by atoms with Gasteiger partial charge in [0.1, 0.15) is 11.4 Å². The summed E-state index contributed by atoms with van der Waals surface area (Å²) in [6, 6.07) is 19.6. The van der Waals surface area contributed by atoms with Crippen molar-refractivity contribution < 1.29 is 22.7 Å². The maximum atomic E-state index is 13.2. The molecule has 0 saturated carbocycles. The molecule has 0 fully saturated rings. The third-order valence-corrected chi connectivity index (χ3v) is 5.77. The predicted octanol–water partition coefficient (Wildman–Crippen LogP) is 5.61. The Hall–Kier alpha value is -4.27. The van der Waals surface area contributed by atoms with E-state index in [1.165, 1.54) is 28.9 Å². The van der Waals surface area contributed by atoms with Crippen LogP contribution in [-0.4, -0.2) is 21.6 Å². The molecule has 1 amide bonds. The largest absolute Gasteiger partial charge is 0.573 e. The van der Waals surface area contributed by atoms with Gasteiger partial charge in [0.2, 0.25) is 0 Å². The zero-order valence-electron chi connectivity index (χ0n) is 19.2. The number of carbonyl (C=O) groups excluding carboxylic acids is 1. The molecule has 4 aromatic rings. The highest BCUT2D eigenvalue weighted by Gasteiger charge is 2.31. The van der Waals surface area contributed by atoms with Crippen LogP contribution in [0.1, 0.15) is 21.6 Å². The summed E-state index contributed by atoms with van der Waals surface area (Å²) in [5, 5.41) is 2.74. The van der Waals surface area contributed by atoms with Gasteiger partial charge in [-0.1, -0.05) is 42.5 Å². The quantitative estimate of drug-likeness (QED) is 0.403. The number of carbonyl (C=O) groups is 1. The monoisotopic (exact) mass is 481 g/mol. The Morgan fingerprint density at radius 3 is 2.20 bits per heavy atom. The van der Waals surface area contributed by atoms with E-state index < -0.39 is 12.3 Å². The van der Waals surface area contributed by atoms with Crippen LogP contribution >= 0.6 is 0 Å². The SMILES string of the molecule is Cc1c(C(=O)Nc2c(C)n(C)n(-c3ccccc3)c2=O)cccc1-c1ccc(OC(F)(F)F)cc1. The molecule has 0 bridgehead atoms. The van der Waals surface area contributed by atoms with E-state index in [-0.39, 0.29) is 17.0 Å². The lowest BCUT2D eigenvalue weighted by Gasteiger charge is -2.13. The van der Waals surface area contributed by atoms with E-state index in [0.717, 1.165) is 0 Å². The minimum atomic E-state index is -4.77. The standard InChI is InChI=1S/C26H22F3N3O3/c1-16-21(18-12-14-20(15-13-18)35-26(27,28)29)10-7-11-22(16)24(33)30-23-17(2)31(3)32(25(23)34)19-8-5-4-6-9-19/h4-15H,1-3H3,(H,30,33). The number of hydrogen-bond donors (Lipinski definition) is 1. The van der Waals surface area contributed by atoms with Gasteiger partial charge in [-0.25, -0.2) is 4.68 Å². The van der Waals surface area contributed by atoms with Crippen LogP contribution in [0.3, 0.4) is 0 Å². The minimum absolute atomic E-state index is 0.166. The Morgan fingerprint density at radius 2 is 1.57 bits per heavy atom. The summed E-state index contributed by atoms with van der Waals surface area (Å²) >= 11 is 0. The number of halogens is 3. The molecule has 35 heavy (non-hydrogen) atoms. The fourth-order valence-electron chi connectivity index (χ4n) is 3.92. The maximum absolute atomic E-state index is 13.2. The molecule has 9 heteroatoms. The second kappa shape index (κ2) is 9.17. The lowest BCUT2D eigenvalue weighted by Crippen LogP contribution is -2.23. The summed E-state index contributed by atoms with van der Waals surface area (Å²) < 4.78 is 44.4. The van der Waals surface area contributed by atoms with Crippen molar-refractivity contribution in [2.45, 2.75) is 20.2 Å². The molecule has 6 nitrogen and oxygen atoms in total. The van der Waals surface area contributed by atoms with Crippen molar-refractivity contribution in [3.05, 3.63) is 100.0 Å². The summed E-state index contributed by atoms with van der Waals surface area (Å²) in [4.78, 5) is 26.3. The molecule has 0 radical (unpaired) electrons. The number of nitrogens with zero attached hydrogens (tertiary/aromatic N) is 2. The average Bonchev–Trinajstić information content (AvgIpc) is 3.02. The minimum Gasteiger partial charge on any atom is -0.406 e. The molecule has 0 spiro atoms. The second-order valence-corrected chi connectivity index (χ2v) is 7.94. The van der Waals surface area contributed by atoms with E-state index in [2.05, 4.69) is 10.1 Å². The lowest BCUT2D eigenvalue weighted by atomic mass is 9.96. The van der Waals surface area contributed by atoms with Gasteiger partial charge in [-0.05, 0) is 60.9 Å². The van der Waals surface area contributed by atoms with Crippen LogP contribution < -0.4 is 15.6 Å². The number of para-hydroxylation sites is 1. The lowest BCUT2D eigenvalue weighted by molar-refractivity contribution is -0.274. The van der Waals surface area contributed by atoms with E-state index in [4.69, 9.17) is 0 Å². The first-order valence-electron chi connectivity index (χ1n) is 10.7. The Labute approximate surface area is 199 Å². The van der Waals surface area contributed by atoms with Gasteiger partial charge in [-0.2, -0.15) is 0 Å². The van der Waals surface area contributed by atoms with Crippen LogP contribution in [0.4, 0.5) is 18.9 Å². The fourth-order valence-corrected chi connectivity index (χ4v) is 3.92. The second-order valence-electron chi connectivity index (χ2n) is 7.94. The van der Waals surface area contributed by atoms with Crippen molar-refractivity contribution in [2.24, 2.45) is 7.05 Å². The summed E-state index contributed by atoms with van der Waals surface area (Å²) in [7, 11) is 1.73. The molecule has 3 aromatic carbocycles. The molecule has 1 N–H and O–H groups in total. The molecule has 0 unspecified atom stereocenters. The van der Waals surface area contributed by atoms with Gasteiger partial charge in [0.25, 0.3) is 11.5 Å². The topological polar surface area (TPSA) is 65.3 Å². The van der Waals surface area contributed by atoms with Crippen molar-refractivity contribution >= 4 is 11.6 Å². The van der Waals surface area contributed by atoms with Crippen LogP contribution in [0.25, 0.3) is 16.8 Å². The number of ether oxygens (including phenoxy) is 1. The molecular formula is C26H22F3N3O3. The maximum Gasteiger partial charge on any atom is 0.573 e. The van der Waals surface area contributed by atoms with Crippen molar-refractivity contribution in [3.8, 4) is 22.6 Å². The zero-order chi connectivity index (χ0) is 25.3. The molecule has 0 aliphatic heterocycles. The highest BCUT2D eigenvalue weighted by Crippen LogP contribution is 2.30. The molecule has 4 rings (SSSR count). The highest BCUT2D eigenvalue weighted by molar-refractivity contribution is 6.06. The number of rotatable bonds is 5. The first-order valence-corrected chi connectivity index (χ1v) is 10.7. The Morgan fingerprint density at radius 1 is 0.914 bits per heavy atom. The van der Waals surface area contributed by atoms with Gasteiger partial charge in [0.05, 0.1) is 11.4 Å². The van der Waals surface area contributed by atoms with Gasteiger partial charge in [0, 0.05) is 12.6 Å². The van der Waals surface area contributed by atoms with E-state index >= 15 is 0 Å². The van der Waals surface area contributed by atoms with Gasteiger partial charge >= 0.3 is 6.36 Å². The van der Waals surface area contributed by atoms with Gasteiger partial charge in [-0.3, -0.25) is 14.3 Å². The third-order valence-electron chi connectivity index (χ3n) is 5.77. The number of hydrogen-bond acceptors (Lipinski definition) is 3. The van der Waals surface area contributed by atoms with Crippen molar-refractivity contribution in [3.63, 3.8) is 0 Å². The van der Waals surface area contributed by atoms with E-state index in [0.29, 0.717) is 33.6 Å². The van der Waals surface area contributed by atoms with Crippen LogP contribution in [0.15, 0.2) is 77.6 Å². The van der Waals surface area contributed by atoms with Crippen molar-refractivity contribution in [1.82, 2.24) is 9.36 Å². The number of alkyl halides is 3. The summed E-state index contributed by atoms with van der Waals surface area (Å²) in [5.41, 5.74) is 3.30. The van der Waals surface area contributed by atoms with Gasteiger partial charge in [-0.15, -0.1) is 13.2 Å². The fraction of sp³-hybridized carbons (Fsp3) is 0.154. The van der Waals surface area contributed by atoms with Gasteiger partial charge < -0.3 is 10.1 Å². The van der Waals surface area contributed by atoms with E-state index in [9.17, 15) is 22.8 Å². The average molecular weight is 481 g/mol. The molecule has 0 aliphatic carbocycles. The number of benzene rings is 3. The number of nitrogens with one attached hydrogen (secondary N) is 1. The van der Waals surface area contributed by atoms with Crippen LogP contribution in [0.2, 0.25) is 0 Å². The number of aromatic nitrogens is 2. The summed E-state index contributed by atoms with van der Waals surface area (Å²) in [6.07, 6.45) is -4.77. The van der Waals surface area contributed by atoms with E-state index in [1.807, 2.05) is 18.2 Å². The molecule has 1 aromatic heterocycles. The number of amides is 1. The molecular weight excluding hydrogens is 459 g/mol. The molecule has 0 atom stereocenters. The van der Waals surface area contributed by atoms with Crippen molar-refractivity contribution in [2.75, 3.05) is 5.32 Å². The van der Waals surface area contributed by atoms with Crippen LogP contribution in [0.5, 0.6) is 5.75 Å². The first-order chi connectivity index (χ1) is 16.6. The summed E-state index contributed by atoms with van der Waals surface area (Å²) in [5.74, 6) is -0.797. The van der Waals surface area contributed by atoms with Crippen LogP contribution in [-0.2, 0) is 7.05 Å². The Bertz CT molecular complexity index is 1440. The Kier molecular flexibility index (Phi) is 6.26. The third kappa shape index (κ3) is 4.84. The van der Waals surface area contributed by atoms with Crippen LogP contribution in [0, 0.1) is 13.8 Å². The molecule has 180 valence electrons.